The van der Waals surface area contributed by atoms with Gasteiger partial charge in [-0.15, -0.1) is 0 Å². The van der Waals surface area contributed by atoms with Crippen LogP contribution in [0.1, 0.15) is 12.8 Å². The highest BCUT2D eigenvalue weighted by atomic mass is 19.1. The van der Waals surface area contributed by atoms with Gasteiger partial charge in [-0.1, -0.05) is 11.6 Å². The molecule has 1 aliphatic rings. The lowest BCUT2D eigenvalue weighted by molar-refractivity contribution is 0.575. The summed E-state index contributed by atoms with van der Waals surface area (Å²) in [4.78, 5) is 3.67. The monoisotopic (exact) mass is 239 g/mol. The Balaban J connectivity index is 1.83. The van der Waals surface area contributed by atoms with Crippen LogP contribution < -0.4 is 10.6 Å². The lowest BCUT2D eigenvalue weighted by atomic mass is 10.1. The van der Waals surface area contributed by atoms with Crippen LogP contribution in [0.5, 0.6) is 0 Å². The van der Waals surface area contributed by atoms with Crippen LogP contribution in [0.4, 0.5) is 14.6 Å². The molecular formula is C12H15F2N3. The number of hydrogen-bond donors (Lipinski definition) is 2. The first-order valence-corrected chi connectivity index (χ1v) is 5.69. The van der Waals surface area contributed by atoms with Gasteiger partial charge in [0.05, 0.1) is 6.20 Å². The van der Waals surface area contributed by atoms with Gasteiger partial charge in [-0.2, -0.15) is 0 Å². The van der Waals surface area contributed by atoms with Crippen molar-refractivity contribution in [1.29, 1.82) is 0 Å². The van der Waals surface area contributed by atoms with Crippen LogP contribution >= 0.6 is 0 Å². The van der Waals surface area contributed by atoms with Crippen molar-refractivity contribution in [2.75, 3.05) is 25.0 Å². The molecule has 2 heterocycles. The van der Waals surface area contributed by atoms with E-state index in [1.54, 1.807) is 0 Å². The first-order valence-electron chi connectivity index (χ1n) is 5.69. The van der Waals surface area contributed by atoms with E-state index in [1.165, 1.54) is 5.57 Å². The fourth-order valence-electron chi connectivity index (χ4n) is 1.78. The molecule has 0 atom stereocenters. The first-order chi connectivity index (χ1) is 8.25. The van der Waals surface area contributed by atoms with Gasteiger partial charge >= 0.3 is 0 Å². The molecule has 1 aromatic rings. The number of nitrogens with one attached hydrogen (secondary N) is 2. The van der Waals surface area contributed by atoms with Crippen molar-refractivity contribution in [3.63, 3.8) is 0 Å². The molecule has 2 N–H and O–H groups in total. The Labute approximate surface area is 98.9 Å². The maximum absolute atomic E-state index is 13.2. The van der Waals surface area contributed by atoms with Crippen LogP contribution in [0, 0.1) is 11.6 Å². The predicted octanol–water partition coefficient (Wildman–Crippen LogP) is 2.08. The molecule has 0 amide bonds. The first kappa shape index (κ1) is 12.0. The summed E-state index contributed by atoms with van der Waals surface area (Å²) in [5, 5.41) is 6.10. The van der Waals surface area contributed by atoms with Crippen molar-refractivity contribution in [2.45, 2.75) is 12.8 Å². The summed E-state index contributed by atoms with van der Waals surface area (Å²) in [6.07, 6.45) is 5.05. The SMILES string of the molecule is Fc1cnc(NCCC2=CCNCC2)c(F)c1. The van der Waals surface area contributed by atoms with Gasteiger partial charge < -0.3 is 10.6 Å². The van der Waals surface area contributed by atoms with E-state index in [-0.39, 0.29) is 5.82 Å². The average Bonchev–Trinajstić information content (AvgIpc) is 2.33. The highest BCUT2D eigenvalue weighted by molar-refractivity contribution is 5.35. The molecule has 2 rings (SSSR count). The summed E-state index contributed by atoms with van der Waals surface area (Å²) in [7, 11) is 0. The van der Waals surface area contributed by atoms with Crippen LogP contribution in [-0.2, 0) is 0 Å². The Kier molecular flexibility index (Phi) is 4.03. The van der Waals surface area contributed by atoms with Gasteiger partial charge in [0.1, 0.15) is 5.82 Å². The van der Waals surface area contributed by atoms with Crippen molar-refractivity contribution in [2.24, 2.45) is 0 Å². The summed E-state index contributed by atoms with van der Waals surface area (Å²) in [5.41, 5.74) is 1.36. The highest BCUT2D eigenvalue weighted by Gasteiger charge is 2.06. The number of hydrogen-bond acceptors (Lipinski definition) is 3. The Morgan fingerprint density at radius 1 is 1.41 bits per heavy atom. The number of aromatic nitrogens is 1. The molecule has 3 nitrogen and oxygen atoms in total. The van der Waals surface area contributed by atoms with Gasteiger partial charge in [0.15, 0.2) is 11.6 Å². The third kappa shape index (κ3) is 3.49. The standard InChI is InChI=1S/C12H15F2N3/c13-10-7-11(14)12(17-8-10)16-6-3-9-1-4-15-5-2-9/h1,7-8,15H,2-6H2,(H,16,17). The number of nitrogens with zero attached hydrogens (tertiary/aromatic N) is 1. The number of pyridine rings is 1. The van der Waals surface area contributed by atoms with E-state index in [9.17, 15) is 8.78 Å². The molecule has 17 heavy (non-hydrogen) atoms. The van der Waals surface area contributed by atoms with Gasteiger partial charge in [-0.25, -0.2) is 13.8 Å². The number of rotatable bonds is 4. The van der Waals surface area contributed by atoms with Crippen molar-refractivity contribution in [3.8, 4) is 0 Å². The smallest absolute Gasteiger partial charge is 0.168 e. The topological polar surface area (TPSA) is 37.0 Å². The minimum atomic E-state index is -0.658. The quantitative estimate of drug-likeness (QED) is 0.790. The van der Waals surface area contributed by atoms with E-state index in [1.807, 2.05) is 0 Å². The fraction of sp³-hybridized carbons (Fsp3) is 0.417. The zero-order valence-corrected chi connectivity index (χ0v) is 9.47. The minimum absolute atomic E-state index is 0.112. The van der Waals surface area contributed by atoms with Crippen molar-refractivity contribution in [1.82, 2.24) is 10.3 Å². The van der Waals surface area contributed by atoms with Gasteiger partial charge in [0.2, 0.25) is 0 Å². The normalized spacial score (nSPS) is 15.5. The van der Waals surface area contributed by atoms with E-state index < -0.39 is 11.6 Å². The summed E-state index contributed by atoms with van der Waals surface area (Å²) < 4.78 is 25.8. The van der Waals surface area contributed by atoms with E-state index in [4.69, 9.17) is 0 Å². The molecule has 1 aromatic heterocycles. The molecule has 0 spiro atoms. The van der Waals surface area contributed by atoms with Crippen LogP contribution in [0.2, 0.25) is 0 Å². The predicted molar refractivity (Wildman–Crippen MR) is 62.8 cm³/mol. The average molecular weight is 239 g/mol. The second kappa shape index (κ2) is 5.72. The molecule has 0 fully saturated rings. The third-order valence-electron chi connectivity index (χ3n) is 2.70. The molecular weight excluding hydrogens is 224 g/mol. The van der Waals surface area contributed by atoms with Crippen LogP contribution in [-0.4, -0.2) is 24.6 Å². The Morgan fingerprint density at radius 3 is 3.00 bits per heavy atom. The Bertz CT molecular complexity index is 418. The molecule has 1 aliphatic heterocycles. The van der Waals surface area contributed by atoms with E-state index in [0.29, 0.717) is 6.54 Å². The van der Waals surface area contributed by atoms with Gasteiger partial charge in [0.25, 0.3) is 0 Å². The largest absolute Gasteiger partial charge is 0.367 e. The molecule has 5 heteroatoms. The maximum Gasteiger partial charge on any atom is 0.168 e. The molecule has 92 valence electrons. The number of anilines is 1. The van der Waals surface area contributed by atoms with Crippen molar-refractivity contribution in [3.05, 3.63) is 35.5 Å². The molecule has 0 unspecified atom stereocenters. The summed E-state index contributed by atoms with van der Waals surface area (Å²) in [6.45, 7) is 2.51. The summed E-state index contributed by atoms with van der Waals surface area (Å²) >= 11 is 0. The molecule has 0 saturated carbocycles. The molecule has 0 bridgehead atoms. The molecule has 0 saturated heterocycles. The Morgan fingerprint density at radius 2 is 2.29 bits per heavy atom. The Hall–Kier alpha value is -1.49. The third-order valence-corrected chi connectivity index (χ3v) is 2.70. The van der Waals surface area contributed by atoms with Gasteiger partial charge in [0, 0.05) is 19.2 Å². The second-order valence-corrected chi connectivity index (χ2v) is 3.98. The van der Waals surface area contributed by atoms with Crippen LogP contribution in [0.3, 0.4) is 0 Å². The fourth-order valence-corrected chi connectivity index (χ4v) is 1.78. The van der Waals surface area contributed by atoms with Gasteiger partial charge in [-0.05, 0) is 19.4 Å². The van der Waals surface area contributed by atoms with Crippen molar-refractivity contribution >= 4 is 5.82 Å². The van der Waals surface area contributed by atoms with Crippen LogP contribution in [0.25, 0.3) is 0 Å². The zero-order valence-electron chi connectivity index (χ0n) is 9.47. The van der Waals surface area contributed by atoms with Crippen LogP contribution in [0.15, 0.2) is 23.9 Å². The minimum Gasteiger partial charge on any atom is -0.367 e. The zero-order chi connectivity index (χ0) is 12.1. The molecule has 0 aromatic carbocycles. The maximum atomic E-state index is 13.2. The van der Waals surface area contributed by atoms with Gasteiger partial charge in [-0.3, -0.25) is 0 Å². The second-order valence-electron chi connectivity index (χ2n) is 3.98. The molecule has 0 radical (unpaired) electrons. The lowest BCUT2D eigenvalue weighted by Crippen LogP contribution is -2.21. The van der Waals surface area contributed by atoms with E-state index in [2.05, 4.69) is 21.7 Å². The summed E-state index contributed by atoms with van der Waals surface area (Å²) in [5.74, 6) is -1.20. The number of halogens is 2. The lowest BCUT2D eigenvalue weighted by Gasteiger charge is -2.14. The van der Waals surface area contributed by atoms with Crippen molar-refractivity contribution < 1.29 is 8.78 Å². The van der Waals surface area contributed by atoms with E-state index >= 15 is 0 Å². The molecule has 0 aliphatic carbocycles. The summed E-state index contributed by atoms with van der Waals surface area (Å²) in [6, 6.07) is 0.832. The highest BCUT2D eigenvalue weighted by Crippen LogP contribution is 2.13. The van der Waals surface area contributed by atoms with E-state index in [0.717, 1.165) is 38.2 Å².